The first kappa shape index (κ1) is 22.1. The van der Waals surface area contributed by atoms with Gasteiger partial charge in [0, 0.05) is 13.0 Å². The number of aliphatic hydroxyl groups is 1. The second kappa shape index (κ2) is 9.60. The molecule has 5 atom stereocenters. The molecule has 8 heteroatoms. The van der Waals surface area contributed by atoms with Crippen molar-refractivity contribution in [3.05, 3.63) is 72.3 Å². The highest BCUT2D eigenvalue weighted by Gasteiger charge is 2.51. The van der Waals surface area contributed by atoms with Gasteiger partial charge in [0.15, 0.2) is 0 Å². The maximum atomic E-state index is 12.7. The predicted molar refractivity (Wildman–Crippen MR) is 116 cm³/mol. The van der Waals surface area contributed by atoms with Gasteiger partial charge in [-0.25, -0.2) is 13.1 Å². The first-order valence-electron chi connectivity index (χ1n) is 10.3. The maximum absolute atomic E-state index is 12.7. The molecular weight excluding hydrogens is 418 g/mol. The first-order valence-corrected chi connectivity index (χ1v) is 11.8. The van der Waals surface area contributed by atoms with E-state index in [1.807, 2.05) is 30.3 Å². The number of hydrogen-bond acceptors (Lipinski definition) is 6. The van der Waals surface area contributed by atoms with Gasteiger partial charge in [0.25, 0.3) is 0 Å². The molecule has 0 saturated carbocycles. The molecule has 0 unspecified atom stereocenters. The van der Waals surface area contributed by atoms with E-state index in [9.17, 15) is 13.5 Å². The van der Waals surface area contributed by atoms with E-state index in [1.54, 1.807) is 24.3 Å². The summed E-state index contributed by atoms with van der Waals surface area (Å²) in [4.78, 5) is 0.184. The van der Waals surface area contributed by atoms with E-state index in [0.29, 0.717) is 18.6 Å². The van der Waals surface area contributed by atoms with Crippen molar-refractivity contribution in [3.8, 4) is 0 Å². The lowest BCUT2D eigenvalue weighted by Gasteiger charge is -2.23. The number of aliphatic hydroxyl groups excluding tert-OH is 1. The minimum atomic E-state index is -3.70. The van der Waals surface area contributed by atoms with Gasteiger partial charge in [-0.3, -0.25) is 0 Å². The molecule has 0 aromatic heterocycles. The summed E-state index contributed by atoms with van der Waals surface area (Å²) < 4.78 is 46.2. The fourth-order valence-electron chi connectivity index (χ4n) is 4.12. The molecule has 2 N–H and O–H groups in total. The number of fused-ring (bicyclic) bond motifs is 1. The Balaban J connectivity index is 1.37. The molecular formula is C23H27NO6S. The zero-order valence-electron chi connectivity index (χ0n) is 17.1. The van der Waals surface area contributed by atoms with Crippen LogP contribution in [0.5, 0.6) is 0 Å². The Bertz CT molecular complexity index is 996. The highest BCUT2D eigenvalue weighted by atomic mass is 32.2. The second-order valence-electron chi connectivity index (χ2n) is 7.71. The Morgan fingerprint density at radius 3 is 2.61 bits per heavy atom. The van der Waals surface area contributed by atoms with Gasteiger partial charge in [0.1, 0.15) is 18.3 Å². The standard InChI is InChI=1S/C23H27NO6S/c1-2-17-10-6-7-11-21(17)31(26,27)24-13-18-12-19-23(29-18)22(20(14-25)30-19)28-15-16-8-4-3-5-9-16/h2-11,18-20,22-25H,1,12-15H2/t18-,19+,20-,22-,23-/m1/s1. The molecule has 0 radical (unpaired) electrons. The third kappa shape index (κ3) is 4.90. The maximum Gasteiger partial charge on any atom is 0.241 e. The van der Waals surface area contributed by atoms with Gasteiger partial charge in [0.05, 0.1) is 30.3 Å². The second-order valence-corrected chi connectivity index (χ2v) is 9.44. The van der Waals surface area contributed by atoms with Crippen molar-refractivity contribution < 1.29 is 27.7 Å². The largest absolute Gasteiger partial charge is 0.394 e. The van der Waals surface area contributed by atoms with E-state index in [0.717, 1.165) is 5.56 Å². The average Bonchev–Trinajstić information content (AvgIpc) is 3.34. The van der Waals surface area contributed by atoms with Gasteiger partial charge >= 0.3 is 0 Å². The minimum absolute atomic E-state index is 0.124. The third-order valence-electron chi connectivity index (χ3n) is 5.65. The van der Waals surface area contributed by atoms with Crippen LogP contribution >= 0.6 is 0 Å². The summed E-state index contributed by atoms with van der Waals surface area (Å²) in [5.74, 6) is 0. The zero-order chi connectivity index (χ0) is 21.8. The Labute approximate surface area is 182 Å². The monoisotopic (exact) mass is 445 g/mol. The van der Waals surface area contributed by atoms with Crippen LogP contribution in [0.15, 0.2) is 66.1 Å². The molecule has 0 amide bonds. The van der Waals surface area contributed by atoms with Crippen LogP contribution in [0, 0.1) is 0 Å². The van der Waals surface area contributed by atoms with Crippen LogP contribution in [-0.2, 0) is 30.8 Å². The Morgan fingerprint density at radius 2 is 1.87 bits per heavy atom. The summed E-state index contributed by atoms with van der Waals surface area (Å²) >= 11 is 0. The van der Waals surface area contributed by atoms with Gasteiger partial charge in [-0.2, -0.15) is 0 Å². The molecule has 2 fully saturated rings. The normalized spacial score (nSPS) is 27.8. The molecule has 31 heavy (non-hydrogen) atoms. The van der Waals surface area contributed by atoms with Crippen LogP contribution < -0.4 is 4.72 Å². The van der Waals surface area contributed by atoms with Gasteiger partial charge in [-0.1, -0.05) is 61.2 Å². The summed E-state index contributed by atoms with van der Waals surface area (Å²) in [5, 5.41) is 9.68. The Kier molecular flexibility index (Phi) is 6.86. The SMILES string of the molecule is C=Cc1ccccc1S(=O)(=O)NC[C@H]1C[C@@H]2O[C@H](CO)[C@@H](OCc3ccccc3)[C@@H]2O1. The van der Waals surface area contributed by atoms with E-state index < -0.39 is 22.2 Å². The summed E-state index contributed by atoms with van der Waals surface area (Å²) in [7, 11) is -3.70. The Morgan fingerprint density at radius 1 is 1.13 bits per heavy atom. The van der Waals surface area contributed by atoms with Crippen LogP contribution in [0.2, 0.25) is 0 Å². The predicted octanol–water partition coefficient (Wildman–Crippen LogP) is 2.11. The molecule has 2 heterocycles. The molecule has 2 aliphatic rings. The molecule has 0 aliphatic carbocycles. The van der Waals surface area contributed by atoms with Gasteiger partial charge in [0.2, 0.25) is 10.0 Å². The van der Waals surface area contributed by atoms with Crippen molar-refractivity contribution in [2.75, 3.05) is 13.2 Å². The number of sulfonamides is 1. The quantitative estimate of drug-likeness (QED) is 0.614. The lowest BCUT2D eigenvalue weighted by molar-refractivity contribution is -0.0907. The number of ether oxygens (including phenoxy) is 3. The van der Waals surface area contributed by atoms with E-state index >= 15 is 0 Å². The number of hydrogen-bond donors (Lipinski definition) is 2. The molecule has 2 aliphatic heterocycles. The molecule has 2 aromatic rings. The van der Waals surface area contributed by atoms with Crippen molar-refractivity contribution in [2.24, 2.45) is 0 Å². The highest BCUT2D eigenvalue weighted by Crippen LogP contribution is 2.36. The smallest absolute Gasteiger partial charge is 0.241 e. The Hall–Kier alpha value is -2.07. The van der Waals surface area contributed by atoms with Crippen LogP contribution in [0.1, 0.15) is 17.5 Å². The average molecular weight is 446 g/mol. The fraction of sp³-hybridized carbons (Fsp3) is 0.391. The molecule has 4 rings (SSSR count). The molecule has 166 valence electrons. The lowest BCUT2D eigenvalue weighted by atomic mass is 10.1. The van der Waals surface area contributed by atoms with Crippen LogP contribution in [-0.4, -0.2) is 57.2 Å². The minimum Gasteiger partial charge on any atom is -0.394 e. The van der Waals surface area contributed by atoms with E-state index in [2.05, 4.69) is 11.3 Å². The number of nitrogens with one attached hydrogen (secondary N) is 1. The molecule has 0 bridgehead atoms. The molecule has 2 saturated heterocycles. The first-order chi connectivity index (χ1) is 15.0. The highest BCUT2D eigenvalue weighted by molar-refractivity contribution is 7.89. The van der Waals surface area contributed by atoms with Crippen molar-refractivity contribution >= 4 is 16.1 Å². The topological polar surface area (TPSA) is 94.1 Å². The third-order valence-corrected chi connectivity index (χ3v) is 7.14. The summed E-state index contributed by atoms with van der Waals surface area (Å²) in [6, 6.07) is 16.4. The summed E-state index contributed by atoms with van der Waals surface area (Å²) in [6.45, 7) is 4.02. The van der Waals surface area contributed by atoms with Crippen LogP contribution in [0.3, 0.4) is 0 Å². The summed E-state index contributed by atoms with van der Waals surface area (Å²) in [6.07, 6.45) is 0.224. The number of rotatable bonds is 9. The van der Waals surface area contributed by atoms with E-state index in [4.69, 9.17) is 14.2 Å². The zero-order valence-corrected chi connectivity index (χ0v) is 17.9. The molecule has 0 spiro atoms. The number of benzene rings is 2. The summed E-state index contributed by atoms with van der Waals surface area (Å²) in [5.41, 5.74) is 1.56. The van der Waals surface area contributed by atoms with Crippen molar-refractivity contribution in [2.45, 2.75) is 48.4 Å². The van der Waals surface area contributed by atoms with Gasteiger partial charge in [-0.15, -0.1) is 0 Å². The molecule has 2 aromatic carbocycles. The van der Waals surface area contributed by atoms with Crippen molar-refractivity contribution in [1.29, 1.82) is 0 Å². The van der Waals surface area contributed by atoms with Crippen LogP contribution in [0.25, 0.3) is 6.08 Å². The van der Waals surface area contributed by atoms with Crippen LogP contribution in [0.4, 0.5) is 0 Å². The van der Waals surface area contributed by atoms with E-state index in [-0.39, 0.29) is 36.4 Å². The van der Waals surface area contributed by atoms with Gasteiger partial charge in [-0.05, 0) is 17.2 Å². The van der Waals surface area contributed by atoms with Gasteiger partial charge < -0.3 is 19.3 Å². The molecule has 7 nitrogen and oxygen atoms in total. The van der Waals surface area contributed by atoms with Crippen molar-refractivity contribution in [1.82, 2.24) is 4.72 Å². The van der Waals surface area contributed by atoms with E-state index in [1.165, 1.54) is 6.08 Å². The van der Waals surface area contributed by atoms with Crippen molar-refractivity contribution in [3.63, 3.8) is 0 Å². The lowest BCUT2D eigenvalue weighted by Crippen LogP contribution is -2.39. The fourth-order valence-corrected chi connectivity index (χ4v) is 5.40.